The molecule has 0 amide bonds. The molecule has 1 aliphatic heterocycles. The second kappa shape index (κ2) is 4.89. The molecule has 2 atom stereocenters. The van der Waals surface area contributed by atoms with Crippen LogP contribution in [0.15, 0.2) is 11.6 Å². The molecule has 0 aromatic carbocycles. The van der Waals surface area contributed by atoms with Gasteiger partial charge in [-0.25, -0.2) is 0 Å². The monoisotopic (exact) mass is 223 g/mol. The lowest BCUT2D eigenvalue weighted by molar-refractivity contribution is 0.0845. The molecular weight excluding hydrogens is 198 g/mol. The Bertz CT molecular complexity index is 262. The van der Waals surface area contributed by atoms with Gasteiger partial charge in [-0.3, -0.25) is 0 Å². The van der Waals surface area contributed by atoms with Gasteiger partial charge in [0.15, 0.2) is 0 Å². The lowest BCUT2D eigenvalue weighted by atomic mass is 9.85. The highest BCUT2D eigenvalue weighted by atomic mass is 16.3. The molecule has 1 N–H and O–H groups in total. The first-order valence-corrected chi connectivity index (χ1v) is 6.74. The molecule has 0 saturated carbocycles. The van der Waals surface area contributed by atoms with E-state index >= 15 is 0 Å². The molecule has 1 fully saturated rings. The molecule has 0 spiro atoms. The lowest BCUT2D eigenvalue weighted by Crippen LogP contribution is -2.34. The highest BCUT2D eigenvalue weighted by Crippen LogP contribution is 2.35. The van der Waals surface area contributed by atoms with E-state index in [2.05, 4.69) is 24.9 Å². The van der Waals surface area contributed by atoms with E-state index in [-0.39, 0.29) is 0 Å². The molecule has 0 radical (unpaired) electrons. The van der Waals surface area contributed by atoms with Crippen LogP contribution in [0.2, 0.25) is 0 Å². The molecule has 2 rings (SSSR count). The number of likely N-dealkylation sites (N-methyl/N-ethyl adjacent to an activating group) is 1. The smallest absolute Gasteiger partial charge is 0.0997 e. The third-order valence-corrected chi connectivity index (χ3v) is 4.29. The zero-order valence-corrected chi connectivity index (χ0v) is 10.7. The van der Waals surface area contributed by atoms with Gasteiger partial charge in [0.25, 0.3) is 0 Å². The molecule has 2 nitrogen and oxygen atoms in total. The molecule has 2 heteroatoms. The third-order valence-electron chi connectivity index (χ3n) is 4.29. The Morgan fingerprint density at radius 2 is 2.06 bits per heavy atom. The first kappa shape index (κ1) is 12.1. The Labute approximate surface area is 99.3 Å². The van der Waals surface area contributed by atoms with Gasteiger partial charge >= 0.3 is 0 Å². The predicted octanol–water partition coefficient (Wildman–Crippen LogP) is 2.72. The van der Waals surface area contributed by atoms with Crippen molar-refractivity contribution in [1.82, 2.24) is 4.90 Å². The summed E-state index contributed by atoms with van der Waals surface area (Å²) >= 11 is 0. The average molecular weight is 223 g/mol. The Kier molecular flexibility index (Phi) is 3.70. The van der Waals surface area contributed by atoms with Crippen LogP contribution in [0.3, 0.4) is 0 Å². The molecule has 1 aliphatic carbocycles. The van der Waals surface area contributed by atoms with Crippen LogP contribution in [0, 0.1) is 0 Å². The number of nitrogens with zero attached hydrogens (tertiary/aromatic N) is 1. The van der Waals surface area contributed by atoms with Crippen molar-refractivity contribution in [2.45, 2.75) is 63.5 Å². The number of β-amino-alcohol motifs (C(OH)–C–C–N with tert-alkyl or cyclic N) is 1. The van der Waals surface area contributed by atoms with E-state index in [1.165, 1.54) is 31.3 Å². The van der Waals surface area contributed by atoms with Gasteiger partial charge in [-0.1, -0.05) is 18.9 Å². The molecule has 2 unspecified atom stereocenters. The van der Waals surface area contributed by atoms with Crippen molar-refractivity contribution in [3.8, 4) is 0 Å². The number of likely N-dealkylation sites (tertiary alicyclic amines) is 1. The zero-order valence-electron chi connectivity index (χ0n) is 10.7. The van der Waals surface area contributed by atoms with Crippen molar-refractivity contribution in [3.05, 3.63) is 11.6 Å². The topological polar surface area (TPSA) is 23.5 Å². The summed E-state index contributed by atoms with van der Waals surface area (Å²) in [7, 11) is 2.12. The summed E-state index contributed by atoms with van der Waals surface area (Å²) in [4.78, 5) is 2.28. The van der Waals surface area contributed by atoms with Gasteiger partial charge in [0.05, 0.1) is 5.60 Å². The SMILES string of the molecule is CC1CC(O)(C2=CCCCCCC2)CN1C. The van der Waals surface area contributed by atoms with Crippen LogP contribution in [-0.2, 0) is 0 Å². The Morgan fingerprint density at radius 1 is 1.31 bits per heavy atom. The number of aliphatic hydroxyl groups is 1. The van der Waals surface area contributed by atoms with Gasteiger partial charge in [-0.2, -0.15) is 0 Å². The maximum Gasteiger partial charge on any atom is 0.0997 e. The summed E-state index contributed by atoms with van der Waals surface area (Å²) in [6, 6.07) is 0.511. The van der Waals surface area contributed by atoms with Crippen molar-refractivity contribution >= 4 is 0 Å². The molecule has 0 aromatic heterocycles. The summed E-state index contributed by atoms with van der Waals surface area (Å²) in [6.07, 6.45) is 10.8. The van der Waals surface area contributed by atoms with Crippen LogP contribution in [0.1, 0.15) is 51.9 Å². The normalized spacial score (nSPS) is 37.9. The fourth-order valence-corrected chi connectivity index (χ4v) is 3.12. The number of allylic oxidation sites excluding steroid dienone is 1. The number of rotatable bonds is 1. The zero-order chi connectivity index (χ0) is 11.6. The minimum atomic E-state index is -0.522. The van der Waals surface area contributed by atoms with Gasteiger partial charge < -0.3 is 10.0 Å². The van der Waals surface area contributed by atoms with Crippen LogP contribution < -0.4 is 0 Å². The van der Waals surface area contributed by atoms with Crippen LogP contribution >= 0.6 is 0 Å². The van der Waals surface area contributed by atoms with Crippen molar-refractivity contribution in [3.63, 3.8) is 0 Å². The van der Waals surface area contributed by atoms with Gasteiger partial charge in [-0.05, 0) is 51.6 Å². The molecule has 16 heavy (non-hydrogen) atoms. The van der Waals surface area contributed by atoms with E-state index in [0.717, 1.165) is 25.8 Å². The first-order chi connectivity index (χ1) is 7.62. The van der Waals surface area contributed by atoms with Crippen LogP contribution in [0.5, 0.6) is 0 Å². The second-order valence-corrected chi connectivity index (χ2v) is 5.68. The van der Waals surface area contributed by atoms with Gasteiger partial charge in [0, 0.05) is 12.6 Å². The number of hydrogen-bond donors (Lipinski definition) is 1. The number of hydrogen-bond acceptors (Lipinski definition) is 2. The third kappa shape index (κ3) is 2.49. The van der Waals surface area contributed by atoms with E-state index < -0.39 is 5.60 Å². The first-order valence-electron chi connectivity index (χ1n) is 6.74. The lowest BCUT2D eigenvalue weighted by Gasteiger charge is -2.27. The van der Waals surface area contributed by atoms with Crippen molar-refractivity contribution < 1.29 is 5.11 Å². The van der Waals surface area contributed by atoms with Crippen molar-refractivity contribution in [1.29, 1.82) is 0 Å². The Hall–Kier alpha value is -0.340. The Balaban J connectivity index is 2.09. The average Bonchev–Trinajstić information content (AvgIpc) is 2.40. The van der Waals surface area contributed by atoms with E-state index in [4.69, 9.17) is 0 Å². The maximum atomic E-state index is 10.8. The van der Waals surface area contributed by atoms with Crippen molar-refractivity contribution in [2.75, 3.05) is 13.6 Å². The summed E-state index contributed by atoms with van der Waals surface area (Å²) in [5.41, 5.74) is 0.800. The molecule has 92 valence electrons. The second-order valence-electron chi connectivity index (χ2n) is 5.68. The largest absolute Gasteiger partial charge is 0.384 e. The fraction of sp³-hybridized carbons (Fsp3) is 0.857. The minimum absolute atomic E-state index is 0.511. The quantitative estimate of drug-likeness (QED) is 0.691. The van der Waals surface area contributed by atoms with Crippen molar-refractivity contribution in [2.24, 2.45) is 0 Å². The summed E-state index contributed by atoms with van der Waals surface area (Å²) in [5.74, 6) is 0. The summed E-state index contributed by atoms with van der Waals surface area (Å²) < 4.78 is 0. The molecule has 0 aromatic rings. The van der Waals surface area contributed by atoms with Gasteiger partial charge in [0.2, 0.25) is 0 Å². The minimum Gasteiger partial charge on any atom is -0.384 e. The maximum absolute atomic E-state index is 10.8. The summed E-state index contributed by atoms with van der Waals surface area (Å²) in [6.45, 7) is 3.03. The fourth-order valence-electron chi connectivity index (χ4n) is 3.12. The Morgan fingerprint density at radius 3 is 2.75 bits per heavy atom. The molecule has 2 aliphatic rings. The standard InChI is InChI=1S/C14H25NO/c1-12-10-14(16,11-15(12)2)13-8-6-4-3-5-7-9-13/h8,12,16H,3-7,9-11H2,1-2H3. The van der Waals surface area contributed by atoms with Crippen LogP contribution in [0.25, 0.3) is 0 Å². The highest BCUT2D eigenvalue weighted by molar-refractivity contribution is 5.21. The predicted molar refractivity (Wildman–Crippen MR) is 67.4 cm³/mol. The molecule has 1 saturated heterocycles. The molecule has 1 heterocycles. The molecule has 0 bridgehead atoms. The van der Waals surface area contributed by atoms with E-state index in [9.17, 15) is 5.11 Å². The van der Waals surface area contributed by atoms with E-state index in [1.807, 2.05) is 0 Å². The van der Waals surface area contributed by atoms with Gasteiger partial charge in [0.1, 0.15) is 0 Å². The van der Waals surface area contributed by atoms with E-state index in [0.29, 0.717) is 6.04 Å². The highest BCUT2D eigenvalue weighted by Gasteiger charge is 2.41. The molecular formula is C14H25NO. The van der Waals surface area contributed by atoms with Gasteiger partial charge in [-0.15, -0.1) is 0 Å². The summed E-state index contributed by atoms with van der Waals surface area (Å²) in [5, 5.41) is 10.8. The van der Waals surface area contributed by atoms with Crippen LogP contribution in [-0.4, -0.2) is 35.2 Å². The van der Waals surface area contributed by atoms with Crippen LogP contribution in [0.4, 0.5) is 0 Å². The van der Waals surface area contributed by atoms with E-state index in [1.54, 1.807) is 0 Å².